The molecule has 0 saturated carbocycles. The van der Waals surface area contributed by atoms with Crippen LogP contribution in [0.1, 0.15) is 46.5 Å². The molecule has 1 unspecified atom stereocenters. The molecule has 0 spiro atoms. The van der Waals surface area contributed by atoms with E-state index in [1.807, 2.05) is 4.68 Å². The van der Waals surface area contributed by atoms with E-state index in [0.29, 0.717) is 17.8 Å². The zero-order valence-electron chi connectivity index (χ0n) is 10.9. The Morgan fingerprint density at radius 2 is 2.00 bits per heavy atom. The summed E-state index contributed by atoms with van der Waals surface area (Å²) < 4.78 is 1.98. The van der Waals surface area contributed by atoms with Gasteiger partial charge in [0.15, 0.2) is 0 Å². The van der Waals surface area contributed by atoms with Crippen LogP contribution in [-0.4, -0.2) is 20.6 Å². The van der Waals surface area contributed by atoms with Gasteiger partial charge >= 0.3 is 0 Å². The Morgan fingerprint density at radius 3 is 2.44 bits per heavy atom. The minimum Gasteiger partial charge on any atom is -0.248 e. The van der Waals surface area contributed by atoms with Crippen molar-refractivity contribution in [2.45, 2.75) is 47.1 Å². The van der Waals surface area contributed by atoms with Crippen molar-refractivity contribution in [3.8, 4) is 0 Å². The summed E-state index contributed by atoms with van der Waals surface area (Å²) >= 11 is 6.10. The van der Waals surface area contributed by atoms with Crippen LogP contribution in [0.2, 0.25) is 0 Å². The van der Waals surface area contributed by atoms with Gasteiger partial charge in [-0.3, -0.25) is 0 Å². The van der Waals surface area contributed by atoms with E-state index in [4.69, 9.17) is 11.6 Å². The van der Waals surface area contributed by atoms with Gasteiger partial charge in [0.25, 0.3) is 0 Å². The maximum Gasteiger partial charge on any atom is 0.138 e. The fraction of sp³-hybridized carbons (Fsp3) is 0.833. The maximum atomic E-state index is 6.10. The van der Waals surface area contributed by atoms with E-state index < -0.39 is 0 Å². The number of hydrogen-bond acceptors (Lipinski definition) is 2. The van der Waals surface area contributed by atoms with Gasteiger partial charge in [0.2, 0.25) is 0 Å². The van der Waals surface area contributed by atoms with E-state index in [1.165, 1.54) is 0 Å². The van der Waals surface area contributed by atoms with Gasteiger partial charge in [0.05, 0.1) is 0 Å². The van der Waals surface area contributed by atoms with Gasteiger partial charge in [-0.1, -0.05) is 20.8 Å². The second-order valence-electron chi connectivity index (χ2n) is 5.33. The lowest BCUT2D eigenvalue weighted by atomic mass is 9.78. The molecule has 0 aliphatic carbocycles. The number of halogens is 1. The van der Waals surface area contributed by atoms with E-state index in [-0.39, 0.29) is 5.41 Å². The lowest BCUT2D eigenvalue weighted by Gasteiger charge is -2.31. The van der Waals surface area contributed by atoms with Gasteiger partial charge in [-0.25, -0.2) is 9.67 Å². The van der Waals surface area contributed by atoms with Crippen LogP contribution in [0.25, 0.3) is 0 Å². The van der Waals surface area contributed by atoms with Crippen LogP contribution in [0.15, 0.2) is 6.33 Å². The van der Waals surface area contributed by atoms with Gasteiger partial charge in [0, 0.05) is 18.3 Å². The van der Waals surface area contributed by atoms with Crippen molar-refractivity contribution in [2.24, 2.45) is 11.3 Å². The zero-order valence-corrected chi connectivity index (χ0v) is 11.6. The van der Waals surface area contributed by atoms with Crippen molar-refractivity contribution < 1.29 is 0 Å². The third-order valence-corrected chi connectivity index (χ3v) is 4.01. The number of aromatic nitrogens is 3. The molecule has 0 N–H and O–H groups in total. The SMILES string of the molecule is CC(C)n1ncnc1CC(C)(CCl)C(C)C. The third-order valence-electron chi connectivity index (χ3n) is 3.40. The molecule has 16 heavy (non-hydrogen) atoms. The van der Waals surface area contributed by atoms with Crippen molar-refractivity contribution in [3.05, 3.63) is 12.2 Å². The van der Waals surface area contributed by atoms with Crippen LogP contribution in [0, 0.1) is 11.3 Å². The summed E-state index contributed by atoms with van der Waals surface area (Å²) in [7, 11) is 0. The Labute approximate surface area is 103 Å². The van der Waals surface area contributed by atoms with Crippen LogP contribution < -0.4 is 0 Å². The summed E-state index contributed by atoms with van der Waals surface area (Å²) in [6.45, 7) is 10.9. The van der Waals surface area contributed by atoms with Crippen LogP contribution in [0.4, 0.5) is 0 Å². The van der Waals surface area contributed by atoms with E-state index in [0.717, 1.165) is 12.2 Å². The van der Waals surface area contributed by atoms with Gasteiger partial charge in [-0.2, -0.15) is 5.10 Å². The first-order valence-corrected chi connectivity index (χ1v) is 6.38. The molecule has 4 heteroatoms. The fourth-order valence-corrected chi connectivity index (χ4v) is 2.00. The second kappa shape index (κ2) is 5.17. The zero-order chi connectivity index (χ0) is 12.3. The molecule has 0 bridgehead atoms. The highest BCUT2D eigenvalue weighted by atomic mass is 35.5. The molecule has 0 amide bonds. The smallest absolute Gasteiger partial charge is 0.138 e. The Bertz CT molecular complexity index is 333. The minimum absolute atomic E-state index is 0.0846. The van der Waals surface area contributed by atoms with Crippen molar-refractivity contribution in [1.29, 1.82) is 0 Å². The average molecular weight is 244 g/mol. The molecule has 0 saturated heterocycles. The molecule has 1 heterocycles. The largest absolute Gasteiger partial charge is 0.248 e. The summed E-state index contributed by atoms with van der Waals surface area (Å²) in [4.78, 5) is 4.35. The van der Waals surface area contributed by atoms with Crippen molar-refractivity contribution in [3.63, 3.8) is 0 Å². The van der Waals surface area contributed by atoms with Crippen LogP contribution in [-0.2, 0) is 6.42 Å². The van der Waals surface area contributed by atoms with Crippen molar-refractivity contribution >= 4 is 11.6 Å². The van der Waals surface area contributed by atoms with Gasteiger partial charge < -0.3 is 0 Å². The topological polar surface area (TPSA) is 30.7 Å². The molecule has 1 rings (SSSR count). The third kappa shape index (κ3) is 2.76. The normalized spacial score (nSPS) is 15.8. The number of rotatable bonds is 5. The Hall–Kier alpha value is -0.570. The van der Waals surface area contributed by atoms with Crippen LogP contribution in [0.3, 0.4) is 0 Å². The van der Waals surface area contributed by atoms with E-state index in [1.54, 1.807) is 6.33 Å². The van der Waals surface area contributed by atoms with E-state index >= 15 is 0 Å². The second-order valence-corrected chi connectivity index (χ2v) is 5.60. The monoisotopic (exact) mass is 243 g/mol. The average Bonchev–Trinajstić information content (AvgIpc) is 2.65. The molecular formula is C12H22ClN3. The molecule has 1 aromatic heterocycles. The predicted molar refractivity (Wildman–Crippen MR) is 67.8 cm³/mol. The summed E-state index contributed by atoms with van der Waals surface area (Å²) in [5.41, 5.74) is 0.0846. The molecule has 0 radical (unpaired) electrons. The first kappa shape index (κ1) is 13.5. The Kier molecular flexibility index (Phi) is 4.36. The number of hydrogen-bond donors (Lipinski definition) is 0. The molecule has 0 aliphatic rings. The molecule has 0 aliphatic heterocycles. The first-order valence-electron chi connectivity index (χ1n) is 5.85. The fourth-order valence-electron chi connectivity index (χ4n) is 1.60. The predicted octanol–water partition coefficient (Wildman–Crippen LogP) is 3.30. The molecule has 0 aromatic carbocycles. The summed E-state index contributed by atoms with van der Waals surface area (Å²) in [5.74, 6) is 2.21. The quantitative estimate of drug-likeness (QED) is 0.743. The summed E-state index contributed by atoms with van der Waals surface area (Å²) in [6, 6.07) is 0.351. The van der Waals surface area contributed by atoms with E-state index in [2.05, 4.69) is 44.7 Å². The molecule has 1 aromatic rings. The lowest BCUT2D eigenvalue weighted by Crippen LogP contribution is -2.30. The summed E-state index contributed by atoms with van der Waals surface area (Å²) in [5, 5.41) is 4.26. The first-order chi connectivity index (χ1) is 7.40. The lowest BCUT2D eigenvalue weighted by molar-refractivity contribution is 0.242. The standard InChI is InChI=1S/C12H22ClN3/c1-9(2)12(5,7-13)6-11-14-8-15-16(11)10(3)4/h8-10H,6-7H2,1-5H3. The molecular weight excluding hydrogens is 222 g/mol. The van der Waals surface area contributed by atoms with Gasteiger partial charge in [-0.05, 0) is 25.2 Å². The Morgan fingerprint density at radius 1 is 1.38 bits per heavy atom. The van der Waals surface area contributed by atoms with Crippen LogP contribution in [0.5, 0.6) is 0 Å². The number of nitrogens with zero attached hydrogens (tertiary/aromatic N) is 3. The van der Waals surface area contributed by atoms with E-state index in [9.17, 15) is 0 Å². The molecule has 3 nitrogen and oxygen atoms in total. The minimum atomic E-state index is 0.0846. The van der Waals surface area contributed by atoms with Crippen molar-refractivity contribution in [2.75, 3.05) is 5.88 Å². The molecule has 0 fully saturated rings. The van der Waals surface area contributed by atoms with Crippen LogP contribution >= 0.6 is 11.6 Å². The summed E-state index contributed by atoms with van der Waals surface area (Å²) in [6.07, 6.45) is 2.51. The number of alkyl halides is 1. The Balaban J connectivity index is 2.90. The van der Waals surface area contributed by atoms with Gasteiger partial charge in [-0.15, -0.1) is 11.6 Å². The highest BCUT2D eigenvalue weighted by Gasteiger charge is 2.30. The molecule has 1 atom stereocenters. The van der Waals surface area contributed by atoms with Crippen molar-refractivity contribution in [1.82, 2.24) is 14.8 Å². The highest BCUT2D eigenvalue weighted by Crippen LogP contribution is 2.32. The maximum absolute atomic E-state index is 6.10. The van der Waals surface area contributed by atoms with Gasteiger partial charge in [0.1, 0.15) is 12.2 Å². The molecule has 92 valence electrons. The highest BCUT2D eigenvalue weighted by molar-refractivity contribution is 6.18.